The van der Waals surface area contributed by atoms with Gasteiger partial charge in [-0.1, -0.05) is 11.8 Å². The number of nitrogens with one attached hydrogen (secondary N) is 1. The standard InChI is InChI=1S/C21H21N5O5S2/c27-14(10-33-21-22-5-1-6-23-21)24-15-18(29)26-16(20(30)31)12(9-32-19(15)26)8-11-4-7-25(17(11)28)13-2-3-13/h1,5-6,8,13,15,19H,2-4,7,9-10H2,(H,24,27)(H,30,31)/b11-8+/t15-,19-/m1/s1. The SMILES string of the molecule is O=C(CSc1ncccn1)N[C@@H]1C(=O)N2C(C(=O)O)=C(/C=C3\CCN(C4CC4)C3=O)CS[C@H]12. The lowest BCUT2D eigenvalue weighted by atomic mass is 10.0. The Morgan fingerprint density at radius 3 is 2.73 bits per heavy atom. The van der Waals surface area contributed by atoms with Crippen LogP contribution in [0.1, 0.15) is 19.3 Å². The molecule has 10 nitrogen and oxygen atoms in total. The molecule has 1 aromatic rings. The van der Waals surface area contributed by atoms with E-state index in [2.05, 4.69) is 15.3 Å². The highest BCUT2D eigenvalue weighted by molar-refractivity contribution is 8.00. The van der Waals surface area contributed by atoms with Gasteiger partial charge in [-0.3, -0.25) is 19.3 Å². The number of aromatic nitrogens is 2. The molecule has 3 aliphatic heterocycles. The normalized spacial score (nSPS) is 25.9. The first-order chi connectivity index (χ1) is 15.9. The minimum Gasteiger partial charge on any atom is -0.477 e. The van der Waals surface area contributed by atoms with Crippen LogP contribution in [0, 0.1) is 0 Å². The fourth-order valence-corrected chi connectivity index (χ4v) is 6.09. The molecule has 2 saturated heterocycles. The quantitative estimate of drug-likeness (QED) is 0.246. The zero-order valence-electron chi connectivity index (χ0n) is 17.5. The molecule has 2 atom stereocenters. The highest BCUT2D eigenvalue weighted by Gasteiger charge is 2.54. The molecule has 12 heteroatoms. The minimum atomic E-state index is -1.22. The van der Waals surface area contributed by atoms with Gasteiger partial charge in [0.25, 0.3) is 5.91 Å². The number of likely N-dealkylation sites (tertiary alicyclic amines) is 1. The number of β-lactam (4-membered cyclic amide) rings is 1. The van der Waals surface area contributed by atoms with Gasteiger partial charge in [0.1, 0.15) is 17.1 Å². The van der Waals surface area contributed by atoms with Gasteiger partial charge < -0.3 is 15.3 Å². The second kappa shape index (κ2) is 8.82. The van der Waals surface area contributed by atoms with Gasteiger partial charge in [0.05, 0.1) is 5.75 Å². The van der Waals surface area contributed by atoms with E-state index in [1.807, 2.05) is 4.90 Å². The number of hydrogen-bond donors (Lipinski definition) is 2. The van der Waals surface area contributed by atoms with Crippen LogP contribution in [0.3, 0.4) is 0 Å². The zero-order chi connectivity index (χ0) is 23.1. The summed E-state index contributed by atoms with van der Waals surface area (Å²) in [6.45, 7) is 0.656. The maximum absolute atomic E-state index is 12.8. The van der Waals surface area contributed by atoms with E-state index in [-0.39, 0.29) is 23.3 Å². The predicted octanol–water partition coefficient (Wildman–Crippen LogP) is 0.628. The van der Waals surface area contributed by atoms with E-state index >= 15 is 0 Å². The van der Waals surface area contributed by atoms with Crippen LogP contribution in [0.15, 0.2) is 46.5 Å². The van der Waals surface area contributed by atoms with Gasteiger partial charge in [-0.2, -0.15) is 0 Å². The predicted molar refractivity (Wildman–Crippen MR) is 120 cm³/mol. The van der Waals surface area contributed by atoms with E-state index in [1.165, 1.54) is 16.7 Å². The van der Waals surface area contributed by atoms with Gasteiger partial charge in [-0.15, -0.1) is 11.8 Å². The third-order valence-corrected chi connectivity index (χ3v) is 8.06. The average molecular weight is 488 g/mol. The molecule has 4 heterocycles. The van der Waals surface area contributed by atoms with Crippen molar-refractivity contribution in [3.8, 4) is 0 Å². The zero-order valence-corrected chi connectivity index (χ0v) is 19.1. The molecule has 2 N–H and O–H groups in total. The monoisotopic (exact) mass is 487 g/mol. The summed E-state index contributed by atoms with van der Waals surface area (Å²) in [4.78, 5) is 60.9. The topological polar surface area (TPSA) is 133 Å². The number of fused-ring (bicyclic) bond motifs is 1. The largest absolute Gasteiger partial charge is 0.477 e. The van der Waals surface area contributed by atoms with Crippen molar-refractivity contribution in [2.45, 2.75) is 41.9 Å². The lowest BCUT2D eigenvalue weighted by Crippen LogP contribution is -2.70. The molecule has 5 rings (SSSR count). The second-order valence-electron chi connectivity index (χ2n) is 8.10. The van der Waals surface area contributed by atoms with E-state index in [0.717, 1.165) is 24.6 Å². The Hall–Kier alpha value is -2.86. The number of hydrogen-bond acceptors (Lipinski definition) is 8. The third-order valence-electron chi connectivity index (χ3n) is 5.89. The Labute approximate surface area is 197 Å². The van der Waals surface area contributed by atoms with E-state index in [0.29, 0.717) is 41.1 Å². The molecular weight excluding hydrogens is 466 g/mol. The summed E-state index contributed by atoms with van der Waals surface area (Å²) >= 11 is 2.54. The molecule has 0 spiro atoms. The van der Waals surface area contributed by atoms with E-state index < -0.39 is 23.3 Å². The maximum Gasteiger partial charge on any atom is 0.352 e. The molecule has 172 valence electrons. The molecule has 1 saturated carbocycles. The van der Waals surface area contributed by atoms with Crippen LogP contribution in [0.5, 0.6) is 0 Å². The van der Waals surface area contributed by atoms with Crippen LogP contribution in [0.2, 0.25) is 0 Å². The highest BCUT2D eigenvalue weighted by Crippen LogP contribution is 2.41. The number of carbonyl (C=O) groups is 4. The van der Waals surface area contributed by atoms with E-state index in [4.69, 9.17) is 0 Å². The Balaban J connectivity index is 1.27. The number of aliphatic carboxylic acids is 1. The molecule has 1 aliphatic carbocycles. The van der Waals surface area contributed by atoms with Crippen LogP contribution in [-0.2, 0) is 19.2 Å². The molecule has 0 radical (unpaired) electrons. The number of rotatable bonds is 7. The van der Waals surface area contributed by atoms with Crippen molar-refractivity contribution in [2.75, 3.05) is 18.1 Å². The van der Waals surface area contributed by atoms with Gasteiger partial charge >= 0.3 is 5.97 Å². The summed E-state index contributed by atoms with van der Waals surface area (Å²) in [7, 11) is 0. The Morgan fingerprint density at radius 1 is 1.27 bits per heavy atom. The molecule has 0 aromatic carbocycles. The first-order valence-electron chi connectivity index (χ1n) is 10.6. The number of thioether (sulfide) groups is 2. The Kier molecular flexibility index (Phi) is 5.87. The van der Waals surface area contributed by atoms with E-state index in [9.17, 15) is 24.3 Å². The lowest BCUT2D eigenvalue weighted by molar-refractivity contribution is -0.150. The van der Waals surface area contributed by atoms with Crippen LogP contribution in [0.4, 0.5) is 0 Å². The summed E-state index contributed by atoms with van der Waals surface area (Å²) in [6, 6.07) is 1.20. The second-order valence-corrected chi connectivity index (χ2v) is 10.2. The fourth-order valence-electron chi connectivity index (χ4n) is 4.17. The number of nitrogens with zero attached hydrogens (tertiary/aromatic N) is 4. The number of carboxylic acid groups (broad SMARTS) is 1. The van der Waals surface area contributed by atoms with Crippen LogP contribution < -0.4 is 5.32 Å². The van der Waals surface area contributed by atoms with E-state index in [1.54, 1.807) is 24.5 Å². The summed E-state index contributed by atoms with van der Waals surface area (Å²) in [5.74, 6) is -1.68. The number of amides is 3. The molecule has 3 amide bonds. The summed E-state index contributed by atoms with van der Waals surface area (Å²) in [5, 5.41) is 12.5. The minimum absolute atomic E-state index is 0.0400. The van der Waals surface area contributed by atoms with Crippen molar-refractivity contribution in [1.82, 2.24) is 25.1 Å². The van der Waals surface area contributed by atoms with Crippen molar-refractivity contribution in [2.24, 2.45) is 0 Å². The number of allylic oxidation sites excluding steroid dienone is 1. The van der Waals surface area contributed by atoms with Crippen LogP contribution in [-0.4, -0.2) is 84.1 Å². The Morgan fingerprint density at radius 2 is 2.03 bits per heavy atom. The van der Waals surface area contributed by atoms with Crippen molar-refractivity contribution >= 4 is 47.2 Å². The van der Waals surface area contributed by atoms with Crippen LogP contribution >= 0.6 is 23.5 Å². The fraction of sp³-hybridized carbons (Fsp3) is 0.429. The number of carboxylic acids is 1. The van der Waals surface area contributed by atoms with Gasteiger partial charge in [0.2, 0.25) is 11.8 Å². The van der Waals surface area contributed by atoms with Crippen molar-refractivity contribution in [3.63, 3.8) is 0 Å². The molecule has 1 aromatic heterocycles. The highest BCUT2D eigenvalue weighted by atomic mass is 32.2. The Bertz CT molecular complexity index is 1090. The molecule has 33 heavy (non-hydrogen) atoms. The van der Waals surface area contributed by atoms with Crippen molar-refractivity contribution in [3.05, 3.63) is 41.4 Å². The molecule has 4 aliphatic rings. The molecular formula is C21H21N5O5S2. The first-order valence-corrected chi connectivity index (χ1v) is 12.6. The van der Waals surface area contributed by atoms with Crippen molar-refractivity contribution < 1.29 is 24.3 Å². The van der Waals surface area contributed by atoms with Gasteiger partial charge in [-0.25, -0.2) is 14.8 Å². The number of carbonyl (C=O) groups excluding carboxylic acids is 3. The molecule has 3 fully saturated rings. The van der Waals surface area contributed by atoms with Crippen LogP contribution in [0.25, 0.3) is 0 Å². The third kappa shape index (κ3) is 4.24. The summed E-state index contributed by atoms with van der Waals surface area (Å²) in [5.41, 5.74) is 0.943. The maximum atomic E-state index is 12.8. The molecule has 0 unspecified atom stereocenters. The molecule has 0 bridgehead atoms. The smallest absolute Gasteiger partial charge is 0.352 e. The average Bonchev–Trinajstić information content (AvgIpc) is 3.59. The van der Waals surface area contributed by atoms with Crippen molar-refractivity contribution in [1.29, 1.82) is 0 Å². The summed E-state index contributed by atoms with van der Waals surface area (Å²) < 4.78 is 0. The van der Waals surface area contributed by atoms with Gasteiger partial charge in [0.15, 0.2) is 5.16 Å². The van der Waals surface area contributed by atoms with Gasteiger partial charge in [-0.05, 0) is 37.0 Å². The summed E-state index contributed by atoms with van der Waals surface area (Å²) in [6.07, 6.45) is 7.42. The first kappa shape index (κ1) is 22.0. The lowest BCUT2D eigenvalue weighted by Gasteiger charge is -2.49. The van der Waals surface area contributed by atoms with Gasteiger partial charge in [0, 0.05) is 36.3 Å².